The molecule has 2 aromatic rings. The number of rotatable bonds is 5. The molecule has 3 rings (SSSR count). The van der Waals surface area contributed by atoms with E-state index < -0.39 is 0 Å². The predicted octanol–water partition coefficient (Wildman–Crippen LogP) is 2.00. The van der Waals surface area contributed by atoms with Crippen LogP contribution in [0.5, 0.6) is 0 Å². The third-order valence-corrected chi connectivity index (χ3v) is 4.92. The Morgan fingerprint density at radius 2 is 2.00 bits per heavy atom. The van der Waals surface area contributed by atoms with Crippen molar-refractivity contribution in [2.75, 3.05) is 13.2 Å². The van der Waals surface area contributed by atoms with Crippen LogP contribution in [0.15, 0.2) is 47.4 Å². The van der Waals surface area contributed by atoms with Crippen LogP contribution >= 0.6 is 0 Å². The highest BCUT2D eigenvalue weighted by Crippen LogP contribution is 2.19. The number of carbonyl (C=O) groups excluding carboxylic acids is 1. The minimum atomic E-state index is -0.256. The van der Waals surface area contributed by atoms with E-state index in [1.807, 2.05) is 36.4 Å². The Morgan fingerprint density at radius 3 is 2.72 bits per heavy atom. The summed E-state index contributed by atoms with van der Waals surface area (Å²) in [4.78, 5) is 27.4. The summed E-state index contributed by atoms with van der Waals surface area (Å²) in [6.07, 6.45) is 4.15. The lowest BCUT2D eigenvalue weighted by Gasteiger charge is -2.23. The van der Waals surface area contributed by atoms with Gasteiger partial charge < -0.3 is 14.6 Å². The monoisotopic (exact) mass is 340 g/mol. The molecule has 1 aromatic carbocycles. The number of pyridine rings is 1. The molecule has 5 heteroatoms. The highest BCUT2D eigenvalue weighted by atomic mass is 16.3. The summed E-state index contributed by atoms with van der Waals surface area (Å²) >= 11 is 0. The number of amides is 1. The molecule has 0 unspecified atom stereocenters. The molecule has 25 heavy (non-hydrogen) atoms. The van der Waals surface area contributed by atoms with Gasteiger partial charge in [0.05, 0.1) is 12.6 Å². The molecule has 1 atom stereocenters. The van der Waals surface area contributed by atoms with Crippen molar-refractivity contribution in [1.82, 2.24) is 9.47 Å². The van der Waals surface area contributed by atoms with Crippen LogP contribution in [0.4, 0.5) is 0 Å². The van der Waals surface area contributed by atoms with Crippen molar-refractivity contribution in [2.45, 2.75) is 38.8 Å². The largest absolute Gasteiger partial charge is 0.394 e. The first-order valence-corrected chi connectivity index (χ1v) is 8.77. The highest BCUT2D eigenvalue weighted by Gasteiger charge is 2.31. The number of carbonyl (C=O) groups is 1. The molecular formula is C20H24N2O3. The van der Waals surface area contributed by atoms with Gasteiger partial charge in [-0.05, 0) is 43.4 Å². The van der Waals surface area contributed by atoms with Gasteiger partial charge in [0.25, 0.3) is 11.5 Å². The summed E-state index contributed by atoms with van der Waals surface area (Å²) in [7, 11) is 0. The van der Waals surface area contributed by atoms with E-state index in [4.69, 9.17) is 0 Å². The summed E-state index contributed by atoms with van der Waals surface area (Å²) < 4.78 is 1.61. The van der Waals surface area contributed by atoms with Gasteiger partial charge in [0.15, 0.2) is 0 Å². The maximum absolute atomic E-state index is 12.9. The van der Waals surface area contributed by atoms with Gasteiger partial charge in [-0.25, -0.2) is 0 Å². The van der Waals surface area contributed by atoms with Gasteiger partial charge in [-0.15, -0.1) is 0 Å². The Balaban J connectivity index is 1.85. The van der Waals surface area contributed by atoms with Crippen molar-refractivity contribution in [3.63, 3.8) is 0 Å². The molecule has 0 radical (unpaired) electrons. The summed E-state index contributed by atoms with van der Waals surface area (Å²) in [6, 6.07) is 11.6. The number of likely N-dealkylation sites (tertiary alicyclic amines) is 1. The molecule has 1 aliphatic heterocycles. The topological polar surface area (TPSA) is 62.5 Å². The SMILES string of the molecule is Cc1ccn(CCc2ccccc2)c(=O)c1C(=O)N1CCC[C@H]1CO. The summed E-state index contributed by atoms with van der Waals surface area (Å²) in [5.41, 5.74) is 1.83. The predicted molar refractivity (Wildman–Crippen MR) is 96.7 cm³/mol. The third kappa shape index (κ3) is 3.66. The molecular weight excluding hydrogens is 316 g/mol. The summed E-state index contributed by atoms with van der Waals surface area (Å²) in [6.45, 7) is 2.87. The lowest BCUT2D eigenvalue weighted by molar-refractivity contribution is 0.0674. The standard InChI is InChI=1S/C20H24N2O3/c1-15-9-12-21(13-10-16-6-3-2-4-7-16)19(24)18(15)20(25)22-11-5-8-17(22)14-23/h2-4,6-7,9,12,17,23H,5,8,10-11,13-14H2,1H3/t17-/m0/s1. The molecule has 1 fully saturated rings. The maximum Gasteiger partial charge on any atom is 0.263 e. The zero-order valence-electron chi connectivity index (χ0n) is 14.5. The Morgan fingerprint density at radius 1 is 1.24 bits per heavy atom. The van der Waals surface area contributed by atoms with Gasteiger partial charge in [0, 0.05) is 19.3 Å². The van der Waals surface area contributed by atoms with E-state index in [-0.39, 0.29) is 29.7 Å². The first-order chi connectivity index (χ1) is 12.1. The van der Waals surface area contributed by atoms with Gasteiger partial charge >= 0.3 is 0 Å². The average molecular weight is 340 g/mol. The lowest BCUT2D eigenvalue weighted by Crippen LogP contribution is -2.41. The van der Waals surface area contributed by atoms with Gasteiger partial charge in [-0.1, -0.05) is 30.3 Å². The number of benzene rings is 1. The molecule has 1 aliphatic rings. The van der Waals surface area contributed by atoms with E-state index in [2.05, 4.69) is 0 Å². The van der Waals surface area contributed by atoms with Crippen LogP contribution in [0.2, 0.25) is 0 Å². The number of aromatic nitrogens is 1. The molecule has 0 aliphatic carbocycles. The summed E-state index contributed by atoms with van der Waals surface area (Å²) in [5, 5.41) is 9.46. The molecule has 2 heterocycles. The fraction of sp³-hybridized carbons (Fsp3) is 0.400. The van der Waals surface area contributed by atoms with E-state index >= 15 is 0 Å². The van der Waals surface area contributed by atoms with Gasteiger partial charge in [-0.3, -0.25) is 9.59 Å². The minimum absolute atomic E-state index is 0.0557. The number of nitrogens with zero attached hydrogens (tertiary/aromatic N) is 2. The van der Waals surface area contributed by atoms with E-state index in [0.717, 1.165) is 24.8 Å². The van der Waals surface area contributed by atoms with Crippen molar-refractivity contribution in [3.8, 4) is 0 Å². The second-order valence-corrected chi connectivity index (χ2v) is 6.59. The normalized spacial score (nSPS) is 17.0. The first kappa shape index (κ1) is 17.4. The fourth-order valence-corrected chi connectivity index (χ4v) is 3.43. The van der Waals surface area contributed by atoms with E-state index in [9.17, 15) is 14.7 Å². The number of hydrogen-bond donors (Lipinski definition) is 1. The quantitative estimate of drug-likeness (QED) is 0.905. The number of aryl methyl sites for hydroxylation is 3. The number of hydrogen-bond acceptors (Lipinski definition) is 3. The van der Waals surface area contributed by atoms with E-state index in [0.29, 0.717) is 18.7 Å². The Labute approximate surface area is 147 Å². The zero-order valence-corrected chi connectivity index (χ0v) is 14.5. The van der Waals surface area contributed by atoms with Gasteiger partial charge in [0.2, 0.25) is 0 Å². The zero-order chi connectivity index (χ0) is 17.8. The van der Waals surface area contributed by atoms with Crippen LogP contribution in [0.25, 0.3) is 0 Å². The van der Waals surface area contributed by atoms with Crippen LogP contribution in [0, 0.1) is 6.92 Å². The molecule has 0 spiro atoms. The second kappa shape index (κ2) is 7.66. The van der Waals surface area contributed by atoms with Crippen LogP contribution in [-0.2, 0) is 13.0 Å². The van der Waals surface area contributed by atoms with Gasteiger partial charge in [-0.2, -0.15) is 0 Å². The van der Waals surface area contributed by atoms with Crippen LogP contribution < -0.4 is 5.56 Å². The molecule has 1 saturated heterocycles. The Kier molecular flexibility index (Phi) is 5.34. The first-order valence-electron chi connectivity index (χ1n) is 8.77. The van der Waals surface area contributed by atoms with Crippen molar-refractivity contribution >= 4 is 5.91 Å². The highest BCUT2D eigenvalue weighted by molar-refractivity contribution is 5.95. The van der Waals surface area contributed by atoms with Crippen molar-refractivity contribution in [2.24, 2.45) is 0 Å². The third-order valence-electron chi connectivity index (χ3n) is 4.92. The van der Waals surface area contributed by atoms with Crippen molar-refractivity contribution in [3.05, 3.63) is 69.6 Å². The van der Waals surface area contributed by atoms with Crippen LogP contribution in [0.1, 0.15) is 34.3 Å². The molecule has 0 bridgehead atoms. The van der Waals surface area contributed by atoms with Crippen molar-refractivity contribution < 1.29 is 9.90 Å². The van der Waals surface area contributed by atoms with Gasteiger partial charge in [0.1, 0.15) is 5.56 Å². The smallest absolute Gasteiger partial charge is 0.263 e. The molecule has 0 saturated carbocycles. The number of aliphatic hydroxyl groups is 1. The number of aliphatic hydroxyl groups excluding tert-OH is 1. The van der Waals surface area contributed by atoms with E-state index in [1.54, 1.807) is 22.6 Å². The molecule has 1 aromatic heterocycles. The lowest BCUT2D eigenvalue weighted by atomic mass is 10.1. The molecule has 1 amide bonds. The van der Waals surface area contributed by atoms with Crippen molar-refractivity contribution in [1.29, 1.82) is 0 Å². The Hall–Kier alpha value is -2.40. The van der Waals surface area contributed by atoms with Crippen LogP contribution in [-0.4, -0.2) is 39.7 Å². The van der Waals surface area contributed by atoms with E-state index in [1.165, 1.54) is 0 Å². The fourth-order valence-electron chi connectivity index (χ4n) is 3.43. The average Bonchev–Trinajstić information content (AvgIpc) is 3.10. The second-order valence-electron chi connectivity index (χ2n) is 6.59. The molecule has 1 N–H and O–H groups in total. The molecule has 5 nitrogen and oxygen atoms in total. The molecule has 132 valence electrons. The maximum atomic E-state index is 12.9. The minimum Gasteiger partial charge on any atom is -0.394 e. The van der Waals surface area contributed by atoms with Crippen LogP contribution in [0.3, 0.4) is 0 Å². The Bertz CT molecular complexity index is 798. The summed E-state index contributed by atoms with van der Waals surface area (Å²) in [5.74, 6) is -0.256.